The number of carbonyl (C=O) groups excluding carboxylic acids is 1. The van der Waals surface area contributed by atoms with Gasteiger partial charge in [-0.3, -0.25) is 4.79 Å². The number of fused-ring (bicyclic) bond motifs is 1. The maximum Gasteiger partial charge on any atom is 0.330 e. The molecule has 5 rings (SSSR count). The smallest absolute Gasteiger partial charge is 0.330 e. The van der Waals surface area contributed by atoms with Crippen molar-refractivity contribution in [2.75, 3.05) is 6.61 Å². The maximum absolute atomic E-state index is 12.5. The van der Waals surface area contributed by atoms with Gasteiger partial charge in [-0.05, 0) is 48.0 Å². The zero-order valence-corrected chi connectivity index (χ0v) is 22.1. The average Bonchev–Trinajstić information content (AvgIpc) is 2.97. The number of ether oxygens (including phenoxy) is 3. The van der Waals surface area contributed by atoms with Crippen LogP contribution in [-0.2, 0) is 14.3 Å². The molecule has 0 unspecified atom stereocenters. The Kier molecular flexibility index (Phi) is 8.23. The van der Waals surface area contributed by atoms with Crippen molar-refractivity contribution in [1.82, 2.24) is 0 Å². The van der Waals surface area contributed by atoms with Crippen LogP contribution in [0.2, 0.25) is 0 Å². The lowest BCUT2D eigenvalue weighted by molar-refractivity contribution is -0.278. The van der Waals surface area contributed by atoms with Crippen LogP contribution >= 0.6 is 0 Å². The molecule has 1 aromatic heterocycles. The van der Waals surface area contributed by atoms with Gasteiger partial charge >= 0.3 is 5.97 Å². The topological polar surface area (TPSA) is 217 Å². The molecule has 224 valence electrons. The van der Waals surface area contributed by atoms with Gasteiger partial charge < -0.3 is 54.4 Å². The van der Waals surface area contributed by atoms with Crippen LogP contribution in [0.5, 0.6) is 28.7 Å². The third kappa shape index (κ3) is 6.39. The van der Waals surface area contributed by atoms with Gasteiger partial charge in [-0.2, -0.15) is 0 Å². The molecule has 0 amide bonds. The molecule has 1 saturated heterocycles. The summed E-state index contributed by atoms with van der Waals surface area (Å²) in [5.74, 6) is -1.92. The number of hydrogen-bond acceptors (Lipinski definition) is 13. The Balaban J connectivity index is 1.24. The van der Waals surface area contributed by atoms with E-state index in [9.17, 15) is 45.3 Å². The van der Waals surface area contributed by atoms with Crippen molar-refractivity contribution >= 4 is 23.0 Å². The van der Waals surface area contributed by atoms with E-state index in [0.29, 0.717) is 11.1 Å². The molecule has 7 N–H and O–H groups in total. The third-order valence-electron chi connectivity index (χ3n) is 6.66. The fourth-order valence-corrected chi connectivity index (χ4v) is 4.40. The van der Waals surface area contributed by atoms with Crippen LogP contribution in [0.3, 0.4) is 0 Å². The second-order valence-electron chi connectivity index (χ2n) is 9.68. The van der Waals surface area contributed by atoms with Crippen LogP contribution < -0.4 is 10.2 Å². The summed E-state index contributed by atoms with van der Waals surface area (Å²) in [5, 5.41) is 69.6. The minimum atomic E-state index is -1.70. The fourth-order valence-electron chi connectivity index (χ4n) is 4.40. The molecule has 0 aliphatic carbocycles. The first kappa shape index (κ1) is 29.4. The van der Waals surface area contributed by atoms with Crippen molar-refractivity contribution in [2.45, 2.75) is 30.7 Å². The predicted molar refractivity (Wildman–Crippen MR) is 148 cm³/mol. The van der Waals surface area contributed by atoms with E-state index < -0.39 is 54.5 Å². The third-order valence-corrected chi connectivity index (χ3v) is 6.66. The van der Waals surface area contributed by atoms with Gasteiger partial charge in [0.05, 0.1) is 0 Å². The summed E-state index contributed by atoms with van der Waals surface area (Å²) in [4.78, 5) is 24.7. The van der Waals surface area contributed by atoms with Gasteiger partial charge in [0.1, 0.15) is 65.0 Å². The van der Waals surface area contributed by atoms with Gasteiger partial charge in [0, 0.05) is 29.8 Å². The molecule has 43 heavy (non-hydrogen) atoms. The first-order valence-corrected chi connectivity index (χ1v) is 12.8. The molecular formula is C30H26O13. The number of phenolic OH excluding ortho intramolecular Hbond substituents is 4. The number of hydrogen-bond donors (Lipinski definition) is 7. The van der Waals surface area contributed by atoms with Crippen LogP contribution in [0.1, 0.15) is 5.56 Å². The average molecular weight is 595 g/mol. The highest BCUT2D eigenvalue weighted by Crippen LogP contribution is 2.32. The number of benzene rings is 3. The SMILES string of the molecule is O=C(/C=C/c1ccc(O)c(O)c1)OC[C@H]1O[C@@H](Oc2ccc(-c3cc(=O)c4c(O)cc(O)cc4o3)cc2)[C@H](O)[C@@H](O)[C@@H]1O. The molecule has 0 saturated carbocycles. The number of aliphatic hydroxyl groups is 3. The van der Waals surface area contributed by atoms with E-state index in [2.05, 4.69) is 0 Å². The molecule has 13 heteroatoms. The molecular weight excluding hydrogens is 568 g/mol. The first-order chi connectivity index (χ1) is 20.5. The Labute approximate surface area is 242 Å². The first-order valence-electron chi connectivity index (χ1n) is 12.8. The number of aliphatic hydroxyl groups excluding tert-OH is 3. The molecule has 13 nitrogen and oxygen atoms in total. The van der Waals surface area contributed by atoms with E-state index in [1.807, 2.05) is 0 Å². The van der Waals surface area contributed by atoms with Gasteiger partial charge in [-0.25, -0.2) is 4.79 Å². The van der Waals surface area contributed by atoms with Crippen LogP contribution in [0.25, 0.3) is 28.4 Å². The van der Waals surface area contributed by atoms with E-state index in [1.54, 1.807) is 0 Å². The lowest BCUT2D eigenvalue weighted by Crippen LogP contribution is -2.60. The summed E-state index contributed by atoms with van der Waals surface area (Å²) < 4.78 is 22.0. The van der Waals surface area contributed by atoms with Crippen molar-refractivity contribution < 1.29 is 59.2 Å². The standard InChI is InChI=1S/C30H26O13/c31-16-10-20(34)26-21(35)12-22(42-23(26)11-16)15-3-5-17(6-4-15)41-30-29(39)28(38)27(37)24(43-30)13-40-25(36)8-2-14-1-7-18(32)19(33)9-14/h1-12,24,27-34,37-39H,13H2/b8-2+/t24-,27-,28+,29-,30-/m1/s1. The van der Waals surface area contributed by atoms with Gasteiger partial charge in [-0.15, -0.1) is 0 Å². The van der Waals surface area contributed by atoms with Crippen LogP contribution in [0.4, 0.5) is 0 Å². The molecule has 3 aromatic carbocycles. The Morgan fingerprint density at radius 2 is 1.58 bits per heavy atom. The Morgan fingerprint density at radius 1 is 0.837 bits per heavy atom. The van der Waals surface area contributed by atoms with E-state index in [-0.39, 0.29) is 39.7 Å². The Hall–Kier alpha value is -5.08. The van der Waals surface area contributed by atoms with Gasteiger partial charge in [0.25, 0.3) is 0 Å². The van der Waals surface area contributed by atoms with Crippen molar-refractivity contribution in [3.05, 3.63) is 82.5 Å². The summed E-state index contributed by atoms with van der Waals surface area (Å²) in [7, 11) is 0. The quantitative estimate of drug-likeness (QED) is 0.0923. The second-order valence-corrected chi connectivity index (χ2v) is 9.68. The van der Waals surface area contributed by atoms with Crippen molar-refractivity contribution in [2.24, 2.45) is 0 Å². The number of esters is 1. The lowest BCUT2D eigenvalue weighted by Gasteiger charge is -2.39. The van der Waals surface area contributed by atoms with Crippen molar-refractivity contribution in [3.63, 3.8) is 0 Å². The molecule has 0 spiro atoms. The van der Waals surface area contributed by atoms with Crippen molar-refractivity contribution in [3.8, 4) is 40.1 Å². The van der Waals surface area contributed by atoms with Crippen LogP contribution in [-0.4, -0.2) is 79.0 Å². The van der Waals surface area contributed by atoms with Crippen LogP contribution in [0, 0.1) is 0 Å². The number of rotatable bonds is 7. The maximum atomic E-state index is 12.5. The zero-order chi connectivity index (χ0) is 30.8. The number of aromatic hydroxyl groups is 4. The molecule has 1 fully saturated rings. The monoisotopic (exact) mass is 594 g/mol. The van der Waals surface area contributed by atoms with Gasteiger partial charge in [-0.1, -0.05) is 6.07 Å². The van der Waals surface area contributed by atoms with E-state index in [0.717, 1.165) is 12.1 Å². The summed E-state index contributed by atoms with van der Waals surface area (Å²) in [6.45, 7) is -0.500. The normalized spacial score (nSPS) is 22.1. The fraction of sp³-hybridized carbons (Fsp3) is 0.200. The summed E-state index contributed by atoms with van der Waals surface area (Å²) in [6, 6.07) is 13.3. The van der Waals surface area contributed by atoms with E-state index in [4.69, 9.17) is 18.6 Å². The molecule has 5 atom stereocenters. The minimum absolute atomic E-state index is 0.0199. The largest absolute Gasteiger partial charge is 0.508 e. The van der Waals surface area contributed by atoms with Crippen molar-refractivity contribution in [1.29, 1.82) is 0 Å². The number of phenols is 4. The predicted octanol–water partition coefficient (Wildman–Crippen LogP) is 1.73. The van der Waals surface area contributed by atoms with Gasteiger partial charge in [0.15, 0.2) is 16.9 Å². The molecule has 1 aliphatic rings. The zero-order valence-electron chi connectivity index (χ0n) is 22.1. The summed E-state index contributed by atoms with van der Waals surface area (Å²) in [5.41, 5.74) is 0.298. The summed E-state index contributed by atoms with van der Waals surface area (Å²) >= 11 is 0. The minimum Gasteiger partial charge on any atom is -0.508 e. The van der Waals surface area contributed by atoms with E-state index in [1.165, 1.54) is 60.7 Å². The highest BCUT2D eigenvalue weighted by atomic mass is 16.7. The highest BCUT2D eigenvalue weighted by Gasteiger charge is 2.45. The summed E-state index contributed by atoms with van der Waals surface area (Å²) in [6.07, 6.45) is -5.34. The van der Waals surface area contributed by atoms with E-state index >= 15 is 0 Å². The number of carbonyl (C=O) groups is 1. The highest BCUT2D eigenvalue weighted by molar-refractivity contribution is 5.87. The lowest BCUT2D eigenvalue weighted by atomic mass is 9.99. The Bertz CT molecular complexity index is 1730. The molecule has 4 aromatic rings. The van der Waals surface area contributed by atoms with Crippen LogP contribution in [0.15, 0.2) is 76.0 Å². The second kappa shape index (κ2) is 12.0. The molecule has 1 aliphatic heterocycles. The molecule has 0 radical (unpaired) electrons. The van der Waals surface area contributed by atoms with Gasteiger partial charge in [0.2, 0.25) is 6.29 Å². The Morgan fingerprint density at radius 3 is 2.30 bits per heavy atom. The molecule has 2 heterocycles. The molecule has 0 bridgehead atoms.